The summed E-state index contributed by atoms with van der Waals surface area (Å²) < 4.78 is 6.00. The van der Waals surface area contributed by atoms with Gasteiger partial charge >= 0.3 is 0 Å². The van der Waals surface area contributed by atoms with Crippen molar-refractivity contribution in [3.05, 3.63) is 0 Å². The molecule has 0 radical (unpaired) electrons. The first-order valence-corrected chi connectivity index (χ1v) is 9.57. The summed E-state index contributed by atoms with van der Waals surface area (Å²) in [5, 5.41) is 6.84. The first kappa shape index (κ1) is 22.9. The van der Waals surface area contributed by atoms with Gasteiger partial charge in [-0.1, -0.05) is 0 Å². The molecule has 0 amide bonds. The second kappa shape index (κ2) is 11.6. The molecule has 2 heterocycles. The monoisotopic (exact) mass is 467 g/mol. The van der Waals surface area contributed by atoms with Gasteiger partial charge in [-0.3, -0.25) is 14.8 Å². The molecule has 148 valence electrons. The van der Waals surface area contributed by atoms with E-state index in [1.807, 2.05) is 7.05 Å². The normalized spacial score (nSPS) is 24.6. The molecule has 7 heteroatoms. The van der Waals surface area contributed by atoms with Crippen molar-refractivity contribution < 1.29 is 4.74 Å². The summed E-state index contributed by atoms with van der Waals surface area (Å²) in [4.78, 5) is 9.39. The van der Waals surface area contributed by atoms with Gasteiger partial charge < -0.3 is 15.4 Å². The third kappa shape index (κ3) is 7.19. The van der Waals surface area contributed by atoms with E-state index < -0.39 is 0 Å². The molecule has 2 aliphatic rings. The molecule has 2 rings (SSSR count). The summed E-state index contributed by atoms with van der Waals surface area (Å²) in [5.74, 6) is 0.870. The van der Waals surface area contributed by atoms with Crippen LogP contribution >= 0.6 is 24.0 Å². The Morgan fingerprint density at radius 2 is 1.96 bits per heavy atom. The Morgan fingerprint density at radius 3 is 2.60 bits per heavy atom. The molecule has 25 heavy (non-hydrogen) atoms. The van der Waals surface area contributed by atoms with Gasteiger partial charge in [0.15, 0.2) is 5.96 Å². The Morgan fingerprint density at radius 1 is 1.24 bits per heavy atom. The zero-order chi connectivity index (χ0) is 17.5. The summed E-state index contributed by atoms with van der Waals surface area (Å²) in [6, 6.07) is 1.79. The number of morpholine rings is 1. The van der Waals surface area contributed by atoms with Crippen molar-refractivity contribution in [3.63, 3.8) is 0 Å². The van der Waals surface area contributed by atoms with Crippen LogP contribution in [0.1, 0.15) is 40.5 Å². The molecular weight excluding hydrogens is 429 g/mol. The number of nitrogens with one attached hydrogen (secondary N) is 2. The lowest BCUT2D eigenvalue weighted by atomic mass is 10.2. The Balaban J connectivity index is 0.00000312. The maximum atomic E-state index is 6.00. The molecule has 0 aromatic carbocycles. The van der Waals surface area contributed by atoms with Crippen molar-refractivity contribution in [1.29, 1.82) is 0 Å². The van der Waals surface area contributed by atoms with E-state index in [9.17, 15) is 0 Å². The Hall–Kier alpha value is -0.120. The number of fused-ring (bicyclic) bond motifs is 1. The minimum Gasteiger partial charge on any atom is -0.373 e. The Bertz CT molecular complexity index is 397. The third-order valence-electron chi connectivity index (χ3n) is 5.17. The van der Waals surface area contributed by atoms with Gasteiger partial charge in [0.2, 0.25) is 0 Å². The highest BCUT2D eigenvalue weighted by atomic mass is 127. The SMILES string of the molecule is CN=C(NCCN(C(C)C)C(C)C)NCC1CN2CCCC2CO1.I. The van der Waals surface area contributed by atoms with Gasteiger partial charge in [0.1, 0.15) is 0 Å². The van der Waals surface area contributed by atoms with E-state index in [4.69, 9.17) is 4.74 Å². The van der Waals surface area contributed by atoms with Crippen molar-refractivity contribution in [2.75, 3.05) is 46.4 Å². The molecule has 6 nitrogen and oxygen atoms in total. The molecule has 2 unspecified atom stereocenters. The van der Waals surface area contributed by atoms with Crippen LogP contribution in [0.3, 0.4) is 0 Å². The minimum absolute atomic E-state index is 0. The molecule has 2 N–H and O–H groups in total. The number of guanidine groups is 1. The van der Waals surface area contributed by atoms with E-state index in [1.54, 1.807) is 0 Å². The first-order chi connectivity index (χ1) is 11.5. The predicted molar refractivity (Wildman–Crippen MR) is 116 cm³/mol. The zero-order valence-corrected chi connectivity index (χ0v) is 19.0. The van der Waals surface area contributed by atoms with Crippen LogP contribution in [-0.2, 0) is 4.74 Å². The van der Waals surface area contributed by atoms with Gasteiger partial charge in [0, 0.05) is 51.4 Å². The number of aliphatic imine (C=N–C) groups is 1. The summed E-state index contributed by atoms with van der Waals surface area (Å²) in [5.41, 5.74) is 0. The van der Waals surface area contributed by atoms with Crippen molar-refractivity contribution in [2.24, 2.45) is 4.99 Å². The van der Waals surface area contributed by atoms with Crippen molar-refractivity contribution in [2.45, 2.75) is 64.8 Å². The lowest BCUT2D eigenvalue weighted by Crippen LogP contribution is -2.52. The average molecular weight is 467 g/mol. The van der Waals surface area contributed by atoms with Crippen LogP contribution in [-0.4, -0.2) is 86.4 Å². The smallest absolute Gasteiger partial charge is 0.191 e. The maximum Gasteiger partial charge on any atom is 0.191 e. The van der Waals surface area contributed by atoms with Gasteiger partial charge in [-0.05, 0) is 47.1 Å². The molecule has 0 spiro atoms. The lowest BCUT2D eigenvalue weighted by Gasteiger charge is -2.35. The molecule has 2 fully saturated rings. The van der Waals surface area contributed by atoms with Crippen LogP contribution < -0.4 is 10.6 Å². The maximum absolute atomic E-state index is 6.00. The number of halogens is 1. The molecule has 0 saturated carbocycles. The molecule has 0 aliphatic carbocycles. The topological polar surface area (TPSA) is 52.1 Å². The minimum atomic E-state index is 0. The average Bonchev–Trinajstić information content (AvgIpc) is 3.01. The fourth-order valence-corrected chi connectivity index (χ4v) is 3.86. The van der Waals surface area contributed by atoms with Gasteiger partial charge in [-0.2, -0.15) is 0 Å². The fourth-order valence-electron chi connectivity index (χ4n) is 3.86. The number of rotatable bonds is 7. The van der Waals surface area contributed by atoms with E-state index >= 15 is 0 Å². The highest BCUT2D eigenvalue weighted by molar-refractivity contribution is 14.0. The number of hydrogen-bond donors (Lipinski definition) is 2. The summed E-state index contributed by atoms with van der Waals surface area (Å²) in [6.45, 7) is 14.9. The van der Waals surface area contributed by atoms with Crippen LogP contribution in [0.15, 0.2) is 4.99 Å². The van der Waals surface area contributed by atoms with E-state index in [-0.39, 0.29) is 30.1 Å². The van der Waals surface area contributed by atoms with Crippen LogP contribution in [0.2, 0.25) is 0 Å². The summed E-state index contributed by atoms with van der Waals surface area (Å²) in [6.07, 6.45) is 2.88. The van der Waals surface area contributed by atoms with Gasteiger partial charge in [0.25, 0.3) is 0 Å². The third-order valence-corrected chi connectivity index (χ3v) is 5.17. The van der Waals surface area contributed by atoms with Crippen LogP contribution in [0, 0.1) is 0 Å². The second-order valence-corrected chi connectivity index (χ2v) is 7.55. The van der Waals surface area contributed by atoms with Crippen LogP contribution in [0.4, 0.5) is 0 Å². The van der Waals surface area contributed by atoms with Crippen molar-refractivity contribution in [1.82, 2.24) is 20.4 Å². The van der Waals surface area contributed by atoms with Gasteiger partial charge in [0.05, 0.1) is 12.7 Å². The fraction of sp³-hybridized carbons (Fsp3) is 0.944. The van der Waals surface area contributed by atoms with E-state index in [0.29, 0.717) is 18.1 Å². The summed E-state index contributed by atoms with van der Waals surface area (Å²) >= 11 is 0. The number of nitrogens with zero attached hydrogens (tertiary/aromatic N) is 3. The van der Waals surface area contributed by atoms with E-state index in [1.165, 1.54) is 19.4 Å². The number of hydrogen-bond acceptors (Lipinski definition) is 4. The van der Waals surface area contributed by atoms with Crippen LogP contribution in [0.5, 0.6) is 0 Å². The quantitative estimate of drug-likeness (QED) is 0.340. The lowest BCUT2D eigenvalue weighted by molar-refractivity contribution is -0.0453. The van der Waals surface area contributed by atoms with Gasteiger partial charge in [-0.25, -0.2) is 0 Å². The van der Waals surface area contributed by atoms with E-state index in [0.717, 1.165) is 38.7 Å². The zero-order valence-electron chi connectivity index (χ0n) is 16.6. The number of ether oxygens (including phenoxy) is 1. The predicted octanol–water partition coefficient (Wildman–Crippen LogP) is 1.75. The molecular formula is C18H38IN5O. The highest BCUT2D eigenvalue weighted by Crippen LogP contribution is 2.22. The Labute approximate surface area is 171 Å². The van der Waals surface area contributed by atoms with Gasteiger partial charge in [-0.15, -0.1) is 24.0 Å². The molecule has 0 bridgehead atoms. The molecule has 2 atom stereocenters. The molecule has 2 aliphatic heterocycles. The molecule has 0 aromatic rings. The van der Waals surface area contributed by atoms with E-state index in [2.05, 4.69) is 53.1 Å². The van der Waals surface area contributed by atoms with Crippen molar-refractivity contribution in [3.8, 4) is 0 Å². The largest absolute Gasteiger partial charge is 0.373 e. The standard InChI is InChI=1S/C18H37N5O.HI/c1-14(2)23(15(3)4)10-8-20-18(19-5)21-11-17-12-22-9-6-7-16(22)13-24-17;/h14-17H,6-13H2,1-5H3,(H2,19,20,21);1H. The Kier molecular flexibility index (Phi) is 10.6. The molecule has 2 saturated heterocycles. The van der Waals surface area contributed by atoms with Crippen molar-refractivity contribution >= 4 is 29.9 Å². The molecule has 0 aromatic heterocycles. The van der Waals surface area contributed by atoms with Crippen LogP contribution in [0.25, 0.3) is 0 Å². The highest BCUT2D eigenvalue weighted by Gasteiger charge is 2.32. The summed E-state index contributed by atoms with van der Waals surface area (Å²) in [7, 11) is 1.83. The second-order valence-electron chi connectivity index (χ2n) is 7.55. The first-order valence-electron chi connectivity index (χ1n) is 9.57.